The van der Waals surface area contributed by atoms with Crippen LogP contribution in [-0.2, 0) is 47.9 Å². The van der Waals surface area contributed by atoms with Gasteiger partial charge in [0.15, 0.2) is 0 Å². The van der Waals surface area contributed by atoms with Gasteiger partial charge in [-0.2, -0.15) is 25.3 Å². The van der Waals surface area contributed by atoms with Gasteiger partial charge in [-0.25, -0.2) is 0 Å². The van der Waals surface area contributed by atoms with E-state index in [2.05, 4.69) is 51.8 Å². The highest BCUT2D eigenvalue weighted by Gasteiger charge is 2.37. The number of carbonyl (C=O) groups is 9. The summed E-state index contributed by atoms with van der Waals surface area (Å²) in [5, 5.41) is 11.6. The third kappa shape index (κ3) is 13.3. The molecule has 256 valence electrons. The highest BCUT2D eigenvalue weighted by atomic mass is 32.1. The van der Waals surface area contributed by atoms with Gasteiger partial charge in [-0.1, -0.05) is 0 Å². The van der Waals surface area contributed by atoms with E-state index in [0.29, 0.717) is 0 Å². The summed E-state index contributed by atoms with van der Waals surface area (Å²) in [6.45, 7) is 0.254. The number of carbonyl (C=O) groups excluding carboxylic acids is 9. The van der Waals surface area contributed by atoms with E-state index in [4.69, 9.17) is 4.74 Å². The molecule has 17 nitrogen and oxygen atoms in total. The second-order valence-corrected chi connectivity index (χ2v) is 11.8. The van der Waals surface area contributed by atoms with Crippen molar-refractivity contribution in [1.29, 1.82) is 0 Å². The molecule has 0 radical (unpaired) electrons. The Labute approximate surface area is 276 Å². The van der Waals surface area contributed by atoms with Crippen LogP contribution in [0.25, 0.3) is 0 Å². The number of ether oxygens (including phenoxy) is 1. The number of rotatable bonds is 20. The third-order valence-electron chi connectivity index (χ3n) is 6.87. The lowest BCUT2D eigenvalue weighted by atomic mass is 10.1. The highest BCUT2D eigenvalue weighted by molar-refractivity contribution is 7.82. The van der Waals surface area contributed by atoms with E-state index in [-0.39, 0.29) is 103 Å². The van der Waals surface area contributed by atoms with Crippen molar-refractivity contribution in [3.05, 3.63) is 0 Å². The van der Waals surface area contributed by atoms with Crippen LogP contribution in [0.2, 0.25) is 0 Å². The number of hydrogen-bond donors (Lipinski definition) is 7. The molecule has 19 heteroatoms. The van der Waals surface area contributed by atoms with Gasteiger partial charge in [-0.15, -0.1) is 0 Å². The normalized spacial score (nSPS) is 18.4. The number of amides is 9. The number of nitrogens with one attached hydrogen (secondary N) is 5. The van der Waals surface area contributed by atoms with Crippen molar-refractivity contribution in [2.24, 2.45) is 0 Å². The molecular weight excluding hydrogens is 646 g/mol. The van der Waals surface area contributed by atoms with E-state index in [9.17, 15) is 43.2 Å². The maximum absolute atomic E-state index is 12.5. The smallest absolute Gasteiger partial charge is 0.242 e. The molecule has 2 aliphatic heterocycles. The summed E-state index contributed by atoms with van der Waals surface area (Å²) in [4.78, 5) is 111. The first-order chi connectivity index (χ1) is 21.8. The Kier molecular flexibility index (Phi) is 16.5. The molecule has 0 saturated carbocycles. The fraction of sp³-hybridized carbons (Fsp3) is 0.667. The van der Waals surface area contributed by atoms with Crippen molar-refractivity contribution >= 4 is 78.4 Å². The van der Waals surface area contributed by atoms with Crippen LogP contribution in [0.15, 0.2) is 0 Å². The van der Waals surface area contributed by atoms with Crippen LogP contribution in [0.4, 0.5) is 0 Å². The molecule has 0 aromatic carbocycles. The van der Waals surface area contributed by atoms with Gasteiger partial charge in [0, 0.05) is 97.4 Å². The molecular formula is C27H41N7O10S2. The molecule has 46 heavy (non-hydrogen) atoms. The molecule has 0 aromatic heterocycles. The van der Waals surface area contributed by atoms with Crippen LogP contribution >= 0.6 is 25.3 Å². The Morgan fingerprint density at radius 3 is 1.41 bits per heavy atom. The van der Waals surface area contributed by atoms with Gasteiger partial charge in [0.25, 0.3) is 0 Å². The Hall–Kier alpha value is -3.71. The number of likely N-dealkylation sites (tertiary alicyclic amines) is 2. The molecule has 2 saturated heterocycles. The summed E-state index contributed by atoms with van der Waals surface area (Å²) in [5.41, 5.74) is 0. The second kappa shape index (κ2) is 19.7. The van der Waals surface area contributed by atoms with Crippen molar-refractivity contribution in [1.82, 2.24) is 36.4 Å². The fourth-order valence-corrected chi connectivity index (χ4v) is 5.06. The van der Waals surface area contributed by atoms with Gasteiger partial charge in [0.1, 0.15) is 0 Å². The van der Waals surface area contributed by atoms with Crippen molar-refractivity contribution in [2.75, 3.05) is 53.0 Å². The first kappa shape index (κ1) is 38.5. The van der Waals surface area contributed by atoms with Crippen LogP contribution in [0.5, 0.6) is 0 Å². The Morgan fingerprint density at radius 2 is 1.07 bits per heavy atom. The summed E-state index contributed by atoms with van der Waals surface area (Å²) in [6, 6.07) is -0.856. The van der Waals surface area contributed by atoms with Crippen LogP contribution in [0, 0.1) is 0 Å². The zero-order valence-corrected chi connectivity index (χ0v) is 27.3. The predicted molar refractivity (Wildman–Crippen MR) is 167 cm³/mol. The monoisotopic (exact) mass is 687 g/mol. The molecule has 2 fully saturated rings. The van der Waals surface area contributed by atoms with E-state index in [1.807, 2.05) is 0 Å². The van der Waals surface area contributed by atoms with E-state index < -0.39 is 57.9 Å². The molecule has 2 heterocycles. The number of methoxy groups -OCH3 is 1. The molecule has 0 aromatic rings. The van der Waals surface area contributed by atoms with Crippen LogP contribution in [0.3, 0.4) is 0 Å². The van der Waals surface area contributed by atoms with Gasteiger partial charge in [-0.3, -0.25) is 53.0 Å². The summed E-state index contributed by atoms with van der Waals surface area (Å²) in [7, 11) is 1.43. The van der Waals surface area contributed by atoms with E-state index in [1.165, 1.54) is 7.11 Å². The van der Waals surface area contributed by atoms with Gasteiger partial charge in [0.2, 0.25) is 53.2 Å². The van der Waals surface area contributed by atoms with Gasteiger partial charge in [0.05, 0.1) is 17.1 Å². The number of hydrogen-bond acceptors (Lipinski definition) is 12. The van der Waals surface area contributed by atoms with Crippen LogP contribution in [-0.4, -0.2) is 132 Å². The summed E-state index contributed by atoms with van der Waals surface area (Å²) in [5.74, 6) is -3.88. The Morgan fingerprint density at radius 1 is 0.674 bits per heavy atom. The molecule has 2 unspecified atom stereocenters. The van der Waals surface area contributed by atoms with E-state index in [1.54, 1.807) is 0 Å². The summed E-state index contributed by atoms with van der Waals surface area (Å²) >= 11 is 8.05. The zero-order valence-electron chi connectivity index (χ0n) is 25.5. The molecule has 9 amide bonds. The summed E-state index contributed by atoms with van der Waals surface area (Å²) < 4.78 is 4.88. The van der Waals surface area contributed by atoms with Crippen molar-refractivity contribution < 1.29 is 47.9 Å². The predicted octanol–water partition coefficient (Wildman–Crippen LogP) is -3.35. The van der Waals surface area contributed by atoms with Crippen molar-refractivity contribution in [3.8, 4) is 0 Å². The van der Waals surface area contributed by atoms with Gasteiger partial charge in [-0.05, 0) is 0 Å². The third-order valence-corrected chi connectivity index (χ3v) is 7.67. The van der Waals surface area contributed by atoms with Gasteiger partial charge >= 0.3 is 0 Å². The van der Waals surface area contributed by atoms with Crippen LogP contribution < -0.4 is 26.6 Å². The van der Waals surface area contributed by atoms with Crippen molar-refractivity contribution in [3.63, 3.8) is 0 Å². The molecule has 0 aliphatic carbocycles. The summed E-state index contributed by atoms with van der Waals surface area (Å²) in [6.07, 6.45) is -0.661. The minimum Gasteiger partial charge on any atom is -0.384 e. The molecule has 5 N–H and O–H groups in total. The number of nitrogens with zero attached hydrogens (tertiary/aromatic N) is 2. The highest BCUT2D eigenvalue weighted by Crippen LogP contribution is 2.18. The molecule has 0 spiro atoms. The molecule has 2 atom stereocenters. The van der Waals surface area contributed by atoms with E-state index in [0.717, 1.165) is 9.80 Å². The first-order valence-electron chi connectivity index (χ1n) is 14.7. The zero-order chi connectivity index (χ0) is 34.2. The Balaban J connectivity index is 1.69. The molecule has 2 aliphatic rings. The lowest BCUT2D eigenvalue weighted by Gasteiger charge is -2.19. The largest absolute Gasteiger partial charge is 0.384 e. The van der Waals surface area contributed by atoms with Crippen LogP contribution in [0.1, 0.15) is 44.9 Å². The SMILES string of the molecule is COCCC(=O)NC(CC(=O)NCCNC(=O)CCN1C(=O)CC(S)C1=O)CC(=O)NCCNC(=O)CCN1C(=O)CC(S)C1=O. The average molecular weight is 688 g/mol. The minimum atomic E-state index is -0.856. The quantitative estimate of drug-likeness (QED) is 0.0382. The van der Waals surface area contributed by atoms with Gasteiger partial charge < -0.3 is 31.3 Å². The minimum absolute atomic E-state index is 0.00424. The molecule has 0 bridgehead atoms. The maximum Gasteiger partial charge on any atom is 0.242 e. The second-order valence-electron chi connectivity index (χ2n) is 10.5. The lowest BCUT2D eigenvalue weighted by Crippen LogP contribution is -2.44. The topological polar surface area (TPSA) is 229 Å². The average Bonchev–Trinajstić information content (AvgIpc) is 3.39. The fourth-order valence-electron chi connectivity index (χ4n) is 4.47. The maximum atomic E-state index is 12.5. The molecule has 2 rings (SSSR count). The Bertz CT molecular complexity index is 1110. The van der Waals surface area contributed by atoms with E-state index >= 15 is 0 Å². The first-order valence-corrected chi connectivity index (χ1v) is 15.7. The standard InChI is InChI=1S/C27H41N7O10S2/c1-44-11-4-21(37)32-16(12-22(38)30-7-5-28-19(35)2-9-33-24(40)14-17(45)26(33)42)13-23(39)31-8-6-29-20(36)3-10-34-25(41)15-18(46)27(34)43/h16-18,45-46H,2-15H2,1H3,(H,28,35)(H,29,36)(H,30,38)(H,31,39)(H,32,37). The lowest BCUT2D eigenvalue weighted by molar-refractivity contribution is -0.140. The number of thiol groups is 2. The number of imide groups is 2. The van der Waals surface area contributed by atoms with Crippen molar-refractivity contribution in [2.45, 2.75) is 61.5 Å².